The van der Waals surface area contributed by atoms with Crippen molar-refractivity contribution < 1.29 is 35.3 Å². The first-order valence-electron chi connectivity index (χ1n) is 6.61. The van der Waals surface area contributed by atoms with E-state index < -0.39 is 0 Å². The second kappa shape index (κ2) is 9.91. The molecule has 22 heavy (non-hydrogen) atoms. The zero-order valence-corrected chi connectivity index (χ0v) is 18.1. The van der Waals surface area contributed by atoms with E-state index in [1.807, 2.05) is 0 Å². The summed E-state index contributed by atoms with van der Waals surface area (Å²) in [7, 11) is 0.573. The molecule has 2 aromatic carbocycles. The third-order valence-corrected chi connectivity index (χ3v) is 10.7. The van der Waals surface area contributed by atoms with Crippen LogP contribution in [0, 0.1) is 6.08 Å². The molecule has 0 saturated carbocycles. The van der Waals surface area contributed by atoms with Gasteiger partial charge in [0, 0.05) is 0 Å². The van der Waals surface area contributed by atoms with Crippen molar-refractivity contribution in [1.82, 2.24) is 0 Å². The van der Waals surface area contributed by atoms with Crippen LogP contribution in [0.4, 0.5) is 0 Å². The molecule has 1 fully saturated rings. The van der Waals surface area contributed by atoms with Crippen LogP contribution in [-0.2, 0) is 25.8 Å². The van der Waals surface area contributed by atoms with Crippen molar-refractivity contribution in [1.29, 1.82) is 0 Å². The molecule has 1 heterocycles. The van der Waals surface area contributed by atoms with Gasteiger partial charge in [0.1, 0.15) is 0 Å². The van der Waals surface area contributed by atoms with Gasteiger partial charge in [-0.3, -0.25) is 6.08 Å². The summed E-state index contributed by atoms with van der Waals surface area (Å²) in [6.45, 7) is 4.84. The Kier molecular flexibility index (Phi) is 9.86. The molecule has 2 aromatic rings. The summed E-state index contributed by atoms with van der Waals surface area (Å²) in [5, 5.41) is 4.28. The van der Waals surface area contributed by atoms with Crippen LogP contribution in [0.15, 0.2) is 59.4 Å². The Labute approximate surface area is 152 Å². The van der Waals surface area contributed by atoms with Gasteiger partial charge in [-0.05, 0) is 13.3 Å². The molecular formula is C17H18F2HfP2. The van der Waals surface area contributed by atoms with Crippen LogP contribution in [0.1, 0.15) is 6.42 Å². The average molecular weight is 501 g/mol. The van der Waals surface area contributed by atoms with E-state index in [1.54, 1.807) is 10.9 Å². The molecule has 4 rings (SSSR count). The van der Waals surface area contributed by atoms with Gasteiger partial charge in [0.15, 0.2) is 0 Å². The van der Waals surface area contributed by atoms with Crippen molar-refractivity contribution in [3.8, 4) is 0 Å². The Hall–Kier alpha value is -0.0999. The van der Waals surface area contributed by atoms with Crippen molar-refractivity contribution >= 4 is 26.0 Å². The van der Waals surface area contributed by atoms with Crippen LogP contribution in [-0.4, -0.2) is 19.5 Å². The van der Waals surface area contributed by atoms with E-state index in [1.165, 1.54) is 16.9 Å². The molecule has 0 amide bonds. The van der Waals surface area contributed by atoms with Gasteiger partial charge in [0.25, 0.3) is 0 Å². The summed E-state index contributed by atoms with van der Waals surface area (Å²) in [4.78, 5) is 0. The topological polar surface area (TPSA) is 0 Å². The zero-order valence-electron chi connectivity index (χ0n) is 12.7. The van der Waals surface area contributed by atoms with Crippen molar-refractivity contribution in [2.24, 2.45) is 0 Å². The minimum atomic E-state index is 0. The minimum Gasteiger partial charge on any atom is -1.00 e. The number of halogens is 2. The van der Waals surface area contributed by atoms with Gasteiger partial charge in [-0.25, -0.2) is 0 Å². The number of fused-ring (bicyclic) bond motifs is 2. The molecule has 114 valence electrons. The second-order valence-electron chi connectivity index (χ2n) is 4.95. The fourth-order valence-corrected chi connectivity index (χ4v) is 7.62. The molecule has 0 nitrogen and oxygen atoms in total. The molecule has 0 bridgehead atoms. The number of hydrogen-bond donors (Lipinski definition) is 0. The van der Waals surface area contributed by atoms with E-state index in [2.05, 4.69) is 67.9 Å². The van der Waals surface area contributed by atoms with Crippen LogP contribution in [0.2, 0.25) is 0 Å². The van der Waals surface area contributed by atoms with Crippen LogP contribution >= 0.6 is 15.2 Å². The van der Waals surface area contributed by atoms with E-state index in [4.69, 9.17) is 0 Å². The van der Waals surface area contributed by atoms with Crippen molar-refractivity contribution in [2.45, 2.75) is 6.42 Å². The SMILES string of the molecule is CP1CC2=CC[C-]=C2P1C.[F-].[F-].[Hf+4].c1ccc2[cH-]ccc2c1. The molecule has 1 saturated heterocycles. The Morgan fingerprint density at radius 3 is 2.50 bits per heavy atom. The van der Waals surface area contributed by atoms with E-state index >= 15 is 0 Å². The molecule has 2 atom stereocenters. The van der Waals surface area contributed by atoms with Crippen LogP contribution in [0.5, 0.6) is 0 Å². The van der Waals surface area contributed by atoms with Crippen molar-refractivity contribution in [2.75, 3.05) is 19.5 Å². The van der Waals surface area contributed by atoms with E-state index in [-0.39, 0.29) is 42.9 Å². The third-order valence-electron chi connectivity index (χ3n) is 3.70. The zero-order chi connectivity index (χ0) is 13.2. The summed E-state index contributed by atoms with van der Waals surface area (Å²) in [6, 6.07) is 14.7. The normalized spacial score (nSPS) is 21.2. The first-order chi connectivity index (χ1) is 9.25. The maximum atomic E-state index is 3.47. The number of rotatable bonds is 0. The number of benzene rings is 1. The Bertz CT molecular complexity index is 619. The van der Waals surface area contributed by atoms with Gasteiger partial charge >= 0.3 is 25.8 Å². The first-order valence-corrected chi connectivity index (χ1v) is 11.1. The van der Waals surface area contributed by atoms with Crippen LogP contribution in [0.3, 0.4) is 0 Å². The summed E-state index contributed by atoms with van der Waals surface area (Å²) in [5.41, 5.74) is 1.64. The van der Waals surface area contributed by atoms with Crippen LogP contribution < -0.4 is 9.41 Å². The van der Waals surface area contributed by atoms with Gasteiger partial charge in [0.05, 0.1) is 0 Å². The first kappa shape index (κ1) is 21.9. The molecule has 2 aliphatic rings. The molecule has 1 aliphatic heterocycles. The molecule has 1 aliphatic carbocycles. The van der Waals surface area contributed by atoms with Gasteiger partial charge in [-0.1, -0.05) is 27.4 Å². The Morgan fingerprint density at radius 2 is 1.82 bits per heavy atom. The van der Waals surface area contributed by atoms with Crippen molar-refractivity contribution in [3.63, 3.8) is 0 Å². The quantitative estimate of drug-likeness (QED) is 0.265. The molecule has 0 radical (unpaired) electrons. The maximum absolute atomic E-state index is 3.47. The molecule has 0 N–H and O–H groups in total. The molecular weight excluding hydrogens is 483 g/mol. The summed E-state index contributed by atoms with van der Waals surface area (Å²) in [6.07, 6.45) is 8.32. The fraction of sp³-hybridized carbons (Fsp3) is 0.235. The maximum Gasteiger partial charge on any atom is 4.00 e. The predicted molar refractivity (Wildman–Crippen MR) is 89.6 cm³/mol. The monoisotopic (exact) mass is 502 g/mol. The molecule has 0 aromatic heterocycles. The third kappa shape index (κ3) is 4.70. The van der Waals surface area contributed by atoms with Gasteiger partial charge in [-0.15, -0.1) is 36.1 Å². The fourth-order valence-electron chi connectivity index (χ4n) is 2.54. The Morgan fingerprint density at radius 1 is 1.09 bits per heavy atom. The van der Waals surface area contributed by atoms with Crippen LogP contribution in [0.25, 0.3) is 10.8 Å². The predicted octanol–water partition coefficient (Wildman–Crippen LogP) is -0.280. The smallest absolute Gasteiger partial charge is 1.00 e. The van der Waals surface area contributed by atoms with E-state index in [0.29, 0.717) is 7.61 Å². The molecule has 0 spiro atoms. The summed E-state index contributed by atoms with van der Waals surface area (Å²) in [5.74, 6) is 0. The minimum absolute atomic E-state index is 0. The average Bonchev–Trinajstić information content (AvgIpc) is 3.10. The van der Waals surface area contributed by atoms with Gasteiger partial charge in [0.2, 0.25) is 0 Å². The number of allylic oxidation sites excluding steroid dienone is 4. The largest absolute Gasteiger partial charge is 4.00 e. The van der Waals surface area contributed by atoms with E-state index in [9.17, 15) is 0 Å². The summed E-state index contributed by atoms with van der Waals surface area (Å²) < 4.78 is 0. The Balaban J connectivity index is 0.000000354. The summed E-state index contributed by atoms with van der Waals surface area (Å²) >= 11 is 0. The van der Waals surface area contributed by atoms with Crippen molar-refractivity contribution in [3.05, 3.63) is 65.5 Å². The molecule has 2 unspecified atom stereocenters. The molecule has 5 heteroatoms. The standard InChI is InChI=1S/C9H7.C8H11P2.2FH.Hf/c1-2-5-9-7-3-6-8(9)4-1;1-9-6-7-4-3-5-8(7)10(9)2;;;/h1-7H;4H,3,6H2,1-2H3;2*1H;/q2*-1;;;+4/p-2. The number of hydrogen-bond acceptors (Lipinski definition) is 0. The second-order valence-corrected chi connectivity index (χ2v) is 11.9. The van der Waals surface area contributed by atoms with Gasteiger partial charge in [-0.2, -0.15) is 34.5 Å². The van der Waals surface area contributed by atoms with Gasteiger partial charge < -0.3 is 9.41 Å². The van der Waals surface area contributed by atoms with E-state index in [0.717, 1.165) is 6.42 Å².